The Morgan fingerprint density at radius 2 is 0.733 bits per heavy atom. The van der Waals surface area contributed by atoms with Crippen LogP contribution in [0.15, 0.2) is 164 Å². The minimum Gasteiger partial charge on any atom is -0.385 e. The number of hydrogen-bond acceptors (Lipinski definition) is 3. The maximum atomic E-state index is 3.66. The van der Waals surface area contributed by atoms with Gasteiger partial charge < -0.3 is 15.5 Å². The van der Waals surface area contributed by atoms with E-state index >= 15 is 0 Å². The molecule has 6 aromatic carbocycles. The van der Waals surface area contributed by atoms with E-state index in [4.69, 9.17) is 0 Å². The monoisotopic (exact) mass is 587 g/mol. The Labute approximate surface area is 268 Å². The highest BCUT2D eigenvalue weighted by Crippen LogP contribution is 2.30. The van der Waals surface area contributed by atoms with Gasteiger partial charge in [-0.2, -0.15) is 0 Å². The molecule has 0 aliphatic carbocycles. The second-order valence-corrected chi connectivity index (χ2v) is 11.3. The number of nitrogens with one attached hydrogen (secondary N) is 2. The molecule has 0 saturated heterocycles. The second-order valence-electron chi connectivity index (χ2n) is 11.3. The molecule has 0 radical (unpaired) electrons. The largest absolute Gasteiger partial charge is 0.385 e. The predicted molar refractivity (Wildman–Crippen MR) is 193 cm³/mol. The van der Waals surface area contributed by atoms with Gasteiger partial charge in [-0.3, -0.25) is 0 Å². The molecular weight excluding hydrogens is 546 g/mol. The molecule has 0 heterocycles. The van der Waals surface area contributed by atoms with Gasteiger partial charge in [0.05, 0.1) is 0 Å². The van der Waals surface area contributed by atoms with E-state index in [9.17, 15) is 0 Å². The van der Waals surface area contributed by atoms with Crippen LogP contribution in [0.1, 0.15) is 12.8 Å². The van der Waals surface area contributed by atoms with E-state index < -0.39 is 0 Å². The number of hydrogen-bond donors (Lipinski definition) is 2. The standard InChI is InChI=1S/C42H41N3/c1-4-12-34(13-5-1)37-18-24-40(25-19-37)44-32-10-30-43-31-11-33-45(41-26-20-38(21-27-41)35-14-6-2-7-15-35)42-28-22-39(23-29-42)36-16-8-3-9-17-36/h1-9,12-29,43-44H,10-11,30-33H2. The molecule has 0 saturated carbocycles. The van der Waals surface area contributed by atoms with Crippen molar-refractivity contribution in [3.63, 3.8) is 0 Å². The van der Waals surface area contributed by atoms with Crippen molar-refractivity contribution in [1.82, 2.24) is 5.32 Å². The molecule has 0 bridgehead atoms. The molecule has 0 aliphatic rings. The highest BCUT2D eigenvalue weighted by atomic mass is 15.1. The highest BCUT2D eigenvalue weighted by molar-refractivity contribution is 5.72. The van der Waals surface area contributed by atoms with Crippen LogP contribution in [-0.2, 0) is 0 Å². The van der Waals surface area contributed by atoms with E-state index in [2.05, 4.69) is 179 Å². The second kappa shape index (κ2) is 15.6. The van der Waals surface area contributed by atoms with E-state index in [1.165, 1.54) is 50.4 Å². The van der Waals surface area contributed by atoms with Crippen molar-refractivity contribution in [2.75, 3.05) is 36.4 Å². The number of rotatable bonds is 14. The Morgan fingerprint density at radius 1 is 0.356 bits per heavy atom. The summed E-state index contributed by atoms with van der Waals surface area (Å²) in [4.78, 5) is 2.44. The average molecular weight is 588 g/mol. The Morgan fingerprint density at radius 3 is 1.18 bits per heavy atom. The third-order valence-corrected chi connectivity index (χ3v) is 8.16. The van der Waals surface area contributed by atoms with Crippen LogP contribution < -0.4 is 15.5 Å². The van der Waals surface area contributed by atoms with Crippen LogP contribution in [0, 0.1) is 0 Å². The quantitative estimate of drug-likeness (QED) is 0.124. The summed E-state index contributed by atoms with van der Waals surface area (Å²) in [6.07, 6.45) is 2.13. The van der Waals surface area contributed by atoms with Crippen LogP contribution in [0.5, 0.6) is 0 Å². The fourth-order valence-corrected chi connectivity index (χ4v) is 5.68. The third kappa shape index (κ3) is 8.29. The van der Waals surface area contributed by atoms with Gasteiger partial charge in [-0.15, -0.1) is 0 Å². The van der Waals surface area contributed by atoms with Gasteiger partial charge in [0.2, 0.25) is 0 Å². The fraction of sp³-hybridized carbons (Fsp3) is 0.143. The zero-order valence-corrected chi connectivity index (χ0v) is 25.8. The Balaban J connectivity index is 1.01. The Hall–Kier alpha value is -5.12. The van der Waals surface area contributed by atoms with E-state index in [0.29, 0.717) is 0 Å². The lowest BCUT2D eigenvalue weighted by atomic mass is 10.0. The van der Waals surface area contributed by atoms with E-state index in [-0.39, 0.29) is 0 Å². The van der Waals surface area contributed by atoms with Gasteiger partial charge in [0.25, 0.3) is 0 Å². The number of nitrogens with zero attached hydrogens (tertiary/aromatic N) is 1. The molecule has 2 N–H and O–H groups in total. The molecule has 6 aromatic rings. The van der Waals surface area contributed by atoms with Crippen LogP contribution in [0.25, 0.3) is 33.4 Å². The lowest BCUT2D eigenvalue weighted by Gasteiger charge is -2.26. The van der Waals surface area contributed by atoms with Gasteiger partial charge >= 0.3 is 0 Å². The topological polar surface area (TPSA) is 27.3 Å². The van der Waals surface area contributed by atoms with Crippen molar-refractivity contribution in [2.24, 2.45) is 0 Å². The highest BCUT2D eigenvalue weighted by Gasteiger charge is 2.11. The molecule has 3 nitrogen and oxygen atoms in total. The first-order valence-electron chi connectivity index (χ1n) is 16.0. The summed E-state index contributed by atoms with van der Waals surface area (Å²) in [6, 6.07) is 58.3. The van der Waals surface area contributed by atoms with Gasteiger partial charge in [-0.05, 0) is 95.7 Å². The first-order valence-corrected chi connectivity index (χ1v) is 16.0. The first kappa shape index (κ1) is 29.9. The van der Waals surface area contributed by atoms with Gasteiger partial charge in [-0.1, -0.05) is 127 Å². The van der Waals surface area contributed by atoms with Gasteiger partial charge in [0.15, 0.2) is 0 Å². The molecule has 0 fully saturated rings. The van der Waals surface area contributed by atoms with Crippen molar-refractivity contribution < 1.29 is 0 Å². The van der Waals surface area contributed by atoms with Crippen LogP contribution >= 0.6 is 0 Å². The van der Waals surface area contributed by atoms with Crippen LogP contribution in [0.4, 0.5) is 17.1 Å². The van der Waals surface area contributed by atoms with Gasteiger partial charge in [0, 0.05) is 30.2 Å². The van der Waals surface area contributed by atoms with Crippen molar-refractivity contribution in [3.05, 3.63) is 164 Å². The molecular formula is C42H41N3. The molecule has 3 heteroatoms. The molecule has 224 valence electrons. The van der Waals surface area contributed by atoms with Crippen molar-refractivity contribution in [2.45, 2.75) is 12.8 Å². The van der Waals surface area contributed by atoms with Crippen LogP contribution in [0.2, 0.25) is 0 Å². The fourth-order valence-electron chi connectivity index (χ4n) is 5.68. The minimum absolute atomic E-state index is 0.939. The summed E-state index contributed by atoms with van der Waals surface area (Å²) < 4.78 is 0. The minimum atomic E-state index is 0.939. The van der Waals surface area contributed by atoms with Crippen molar-refractivity contribution >= 4 is 17.1 Å². The molecule has 0 aliphatic heterocycles. The van der Waals surface area contributed by atoms with Crippen molar-refractivity contribution in [1.29, 1.82) is 0 Å². The molecule has 0 amide bonds. The zero-order valence-electron chi connectivity index (χ0n) is 25.8. The Kier molecular flexibility index (Phi) is 10.3. The predicted octanol–water partition coefficient (Wildman–Crippen LogP) is 10.3. The average Bonchev–Trinajstić information content (AvgIpc) is 3.13. The van der Waals surface area contributed by atoms with E-state index in [1.54, 1.807) is 0 Å². The normalized spacial score (nSPS) is 10.8. The lowest BCUT2D eigenvalue weighted by molar-refractivity contribution is 0.633. The summed E-state index contributed by atoms with van der Waals surface area (Å²) in [6.45, 7) is 3.86. The molecule has 0 spiro atoms. The maximum absolute atomic E-state index is 3.66. The molecule has 45 heavy (non-hydrogen) atoms. The summed E-state index contributed by atoms with van der Waals surface area (Å²) in [5.41, 5.74) is 11.0. The van der Waals surface area contributed by atoms with Gasteiger partial charge in [0.1, 0.15) is 0 Å². The number of anilines is 3. The van der Waals surface area contributed by atoms with Crippen LogP contribution in [-0.4, -0.2) is 26.2 Å². The molecule has 0 aromatic heterocycles. The maximum Gasteiger partial charge on any atom is 0.0411 e. The molecule has 6 rings (SSSR count). The lowest BCUT2D eigenvalue weighted by Crippen LogP contribution is -2.25. The van der Waals surface area contributed by atoms with Crippen molar-refractivity contribution in [3.8, 4) is 33.4 Å². The smallest absolute Gasteiger partial charge is 0.0411 e. The van der Waals surface area contributed by atoms with Crippen LogP contribution in [0.3, 0.4) is 0 Å². The summed E-state index contributed by atoms with van der Waals surface area (Å²) in [5, 5.41) is 7.21. The van der Waals surface area contributed by atoms with E-state index in [1.807, 2.05) is 0 Å². The summed E-state index contributed by atoms with van der Waals surface area (Å²) in [7, 11) is 0. The van der Waals surface area contributed by atoms with E-state index in [0.717, 1.165) is 39.0 Å². The third-order valence-electron chi connectivity index (χ3n) is 8.16. The number of benzene rings is 6. The molecule has 0 unspecified atom stereocenters. The Bertz CT molecular complexity index is 1620. The summed E-state index contributed by atoms with van der Waals surface area (Å²) in [5.74, 6) is 0. The first-order chi connectivity index (χ1) is 22.3. The summed E-state index contributed by atoms with van der Waals surface area (Å²) >= 11 is 0. The van der Waals surface area contributed by atoms with Gasteiger partial charge in [-0.25, -0.2) is 0 Å². The SMILES string of the molecule is c1ccc(-c2ccc(NCCCNCCCN(c3ccc(-c4ccccc4)cc3)c3ccc(-c4ccccc4)cc3)cc2)cc1. The zero-order chi connectivity index (χ0) is 30.5. The molecule has 0 atom stereocenters.